The smallest absolute Gasteiger partial charge is 0.309 e. The summed E-state index contributed by atoms with van der Waals surface area (Å²) >= 11 is 0. The maximum atomic E-state index is 10.6. The van der Waals surface area contributed by atoms with Crippen LogP contribution in [0.25, 0.3) is 16.9 Å². The highest BCUT2D eigenvalue weighted by Crippen LogP contribution is 2.18. The molecule has 6 nitrogen and oxygen atoms in total. The van der Waals surface area contributed by atoms with Gasteiger partial charge < -0.3 is 5.11 Å². The van der Waals surface area contributed by atoms with Crippen molar-refractivity contribution in [1.29, 1.82) is 0 Å². The van der Waals surface area contributed by atoms with E-state index >= 15 is 0 Å². The number of rotatable bonds is 3. The number of H-pyrrole nitrogens is 1. The summed E-state index contributed by atoms with van der Waals surface area (Å²) < 4.78 is 1.71. The van der Waals surface area contributed by atoms with E-state index in [1.807, 2.05) is 18.2 Å². The number of hydrogen-bond acceptors (Lipinski definition) is 3. The van der Waals surface area contributed by atoms with Gasteiger partial charge in [-0.2, -0.15) is 0 Å². The zero-order valence-corrected chi connectivity index (χ0v) is 9.37. The summed E-state index contributed by atoms with van der Waals surface area (Å²) in [5, 5.41) is 11.8. The molecule has 0 spiro atoms. The number of pyridine rings is 1. The largest absolute Gasteiger partial charge is 0.481 e. The fraction of sp³-hybridized carbons (Fsp3) is 0.0833. The zero-order valence-electron chi connectivity index (χ0n) is 9.37. The number of imidazole rings is 1. The van der Waals surface area contributed by atoms with Crippen LogP contribution >= 0.6 is 0 Å². The lowest BCUT2D eigenvalue weighted by molar-refractivity contribution is -0.136. The fourth-order valence-corrected chi connectivity index (χ4v) is 1.84. The average Bonchev–Trinajstić information content (AvgIpc) is 2.87. The van der Waals surface area contributed by atoms with Gasteiger partial charge in [0, 0.05) is 24.0 Å². The highest BCUT2D eigenvalue weighted by molar-refractivity contribution is 5.70. The number of aromatic amines is 1. The Hall–Kier alpha value is -2.63. The molecule has 0 amide bonds. The Bertz CT molecular complexity index is 668. The van der Waals surface area contributed by atoms with Crippen LogP contribution < -0.4 is 0 Å². The van der Waals surface area contributed by atoms with Gasteiger partial charge in [-0.3, -0.25) is 14.9 Å². The lowest BCUT2D eigenvalue weighted by Gasteiger charge is -1.94. The van der Waals surface area contributed by atoms with Crippen molar-refractivity contribution in [3.05, 3.63) is 42.5 Å². The standard InChI is InChI=1S/C12H10N4O2/c17-12(18)4-9-7-16-11(14-9)5-10(15-16)8-2-1-3-13-6-8/h1-3,5-7,15H,4H2,(H,17,18). The maximum Gasteiger partial charge on any atom is 0.309 e. The van der Waals surface area contributed by atoms with Gasteiger partial charge in [0.25, 0.3) is 0 Å². The van der Waals surface area contributed by atoms with Gasteiger partial charge in [0.2, 0.25) is 0 Å². The van der Waals surface area contributed by atoms with Crippen molar-refractivity contribution < 1.29 is 9.90 Å². The highest BCUT2D eigenvalue weighted by Gasteiger charge is 2.09. The minimum absolute atomic E-state index is 0.0717. The summed E-state index contributed by atoms with van der Waals surface area (Å²) in [5.41, 5.74) is 3.09. The van der Waals surface area contributed by atoms with Gasteiger partial charge in [-0.15, -0.1) is 0 Å². The third kappa shape index (κ3) is 1.84. The number of aromatic nitrogens is 4. The van der Waals surface area contributed by atoms with E-state index < -0.39 is 5.97 Å². The van der Waals surface area contributed by atoms with E-state index in [2.05, 4.69) is 15.1 Å². The van der Waals surface area contributed by atoms with Crippen LogP contribution in [0.3, 0.4) is 0 Å². The van der Waals surface area contributed by atoms with E-state index in [1.54, 1.807) is 23.1 Å². The third-order valence-corrected chi connectivity index (χ3v) is 2.60. The quantitative estimate of drug-likeness (QED) is 0.726. The molecule has 0 aromatic carbocycles. The Morgan fingerprint density at radius 1 is 1.50 bits per heavy atom. The van der Waals surface area contributed by atoms with Gasteiger partial charge in [0.1, 0.15) is 0 Å². The predicted octanol–water partition coefficient (Wildman–Crippen LogP) is 1.35. The number of nitrogens with zero attached hydrogens (tertiary/aromatic N) is 3. The van der Waals surface area contributed by atoms with Gasteiger partial charge in [-0.05, 0) is 12.1 Å². The van der Waals surface area contributed by atoms with Crippen LogP contribution in [0.1, 0.15) is 5.69 Å². The van der Waals surface area contributed by atoms with Crippen molar-refractivity contribution in [2.24, 2.45) is 0 Å². The maximum absolute atomic E-state index is 10.6. The number of hydrogen-bond donors (Lipinski definition) is 2. The Labute approximate surface area is 102 Å². The molecule has 0 aliphatic heterocycles. The van der Waals surface area contributed by atoms with E-state index in [4.69, 9.17) is 5.11 Å². The molecule has 2 N–H and O–H groups in total. The second-order valence-electron chi connectivity index (χ2n) is 3.94. The average molecular weight is 242 g/mol. The molecule has 0 unspecified atom stereocenters. The molecule has 0 bridgehead atoms. The second kappa shape index (κ2) is 3.99. The molecule has 0 radical (unpaired) electrons. The lowest BCUT2D eigenvalue weighted by atomic mass is 10.2. The van der Waals surface area contributed by atoms with E-state index in [-0.39, 0.29) is 6.42 Å². The highest BCUT2D eigenvalue weighted by atomic mass is 16.4. The molecule has 3 rings (SSSR count). The van der Waals surface area contributed by atoms with E-state index in [1.165, 1.54) is 0 Å². The van der Waals surface area contributed by atoms with Gasteiger partial charge in [-0.25, -0.2) is 9.50 Å². The summed E-state index contributed by atoms with van der Waals surface area (Å²) in [5.74, 6) is -0.886. The molecule has 0 fully saturated rings. The summed E-state index contributed by atoms with van der Waals surface area (Å²) in [6, 6.07) is 5.66. The van der Waals surface area contributed by atoms with E-state index in [0.717, 1.165) is 11.3 Å². The summed E-state index contributed by atoms with van der Waals surface area (Å²) in [4.78, 5) is 18.9. The molecular formula is C12H10N4O2. The number of carbonyl (C=O) groups is 1. The predicted molar refractivity (Wildman–Crippen MR) is 64.1 cm³/mol. The van der Waals surface area contributed by atoms with Crippen molar-refractivity contribution in [2.75, 3.05) is 0 Å². The normalized spacial score (nSPS) is 10.9. The van der Waals surface area contributed by atoms with Crippen LogP contribution in [0.15, 0.2) is 36.8 Å². The van der Waals surface area contributed by atoms with Gasteiger partial charge >= 0.3 is 5.97 Å². The zero-order chi connectivity index (χ0) is 12.5. The van der Waals surface area contributed by atoms with Crippen LogP contribution in [0.4, 0.5) is 0 Å². The Balaban J connectivity index is 1.98. The molecule has 18 heavy (non-hydrogen) atoms. The van der Waals surface area contributed by atoms with Crippen LogP contribution in [-0.4, -0.2) is 30.7 Å². The molecule has 0 aliphatic rings. The van der Waals surface area contributed by atoms with Crippen LogP contribution in [-0.2, 0) is 11.2 Å². The van der Waals surface area contributed by atoms with E-state index in [0.29, 0.717) is 11.3 Å². The monoisotopic (exact) mass is 242 g/mol. The first-order valence-corrected chi connectivity index (χ1v) is 5.41. The lowest BCUT2D eigenvalue weighted by Crippen LogP contribution is -1.99. The van der Waals surface area contributed by atoms with Crippen molar-refractivity contribution in [3.63, 3.8) is 0 Å². The molecule has 6 heteroatoms. The Morgan fingerprint density at radius 2 is 2.39 bits per heavy atom. The van der Waals surface area contributed by atoms with Crippen molar-refractivity contribution in [2.45, 2.75) is 6.42 Å². The SMILES string of the molecule is O=C(O)Cc1cn2[nH]c(-c3cccnc3)cc2n1. The number of fused-ring (bicyclic) bond motifs is 1. The first-order valence-electron chi connectivity index (χ1n) is 5.41. The summed E-state index contributed by atoms with van der Waals surface area (Å²) in [6.07, 6.45) is 5.08. The molecule has 0 aliphatic carbocycles. The Morgan fingerprint density at radius 3 is 3.06 bits per heavy atom. The minimum Gasteiger partial charge on any atom is -0.481 e. The molecule has 90 valence electrons. The molecular weight excluding hydrogens is 232 g/mol. The Kier molecular flexibility index (Phi) is 2.33. The van der Waals surface area contributed by atoms with Gasteiger partial charge in [-0.1, -0.05) is 0 Å². The summed E-state index contributed by atoms with van der Waals surface area (Å²) in [6.45, 7) is 0. The first kappa shape index (κ1) is 10.5. The molecule has 3 heterocycles. The molecule has 0 saturated carbocycles. The second-order valence-corrected chi connectivity index (χ2v) is 3.94. The molecule has 0 saturated heterocycles. The van der Waals surface area contributed by atoms with Gasteiger partial charge in [0.15, 0.2) is 5.65 Å². The van der Waals surface area contributed by atoms with Gasteiger partial charge in [0.05, 0.1) is 24.0 Å². The number of nitrogens with one attached hydrogen (secondary N) is 1. The number of aliphatic carboxylic acids is 1. The first-order chi connectivity index (χ1) is 8.72. The third-order valence-electron chi connectivity index (χ3n) is 2.60. The van der Waals surface area contributed by atoms with Crippen molar-refractivity contribution >= 4 is 11.6 Å². The number of carboxylic acid groups (broad SMARTS) is 1. The molecule has 3 aromatic heterocycles. The van der Waals surface area contributed by atoms with Crippen LogP contribution in [0, 0.1) is 0 Å². The number of carboxylic acids is 1. The fourth-order valence-electron chi connectivity index (χ4n) is 1.84. The van der Waals surface area contributed by atoms with Crippen molar-refractivity contribution in [3.8, 4) is 11.3 Å². The van der Waals surface area contributed by atoms with Crippen LogP contribution in [0.2, 0.25) is 0 Å². The molecule has 3 aromatic rings. The summed E-state index contributed by atoms with van der Waals surface area (Å²) in [7, 11) is 0. The minimum atomic E-state index is -0.886. The van der Waals surface area contributed by atoms with E-state index in [9.17, 15) is 4.79 Å². The topological polar surface area (TPSA) is 83.3 Å². The van der Waals surface area contributed by atoms with Crippen molar-refractivity contribution in [1.82, 2.24) is 19.6 Å². The molecule has 0 atom stereocenters. The van der Waals surface area contributed by atoms with Crippen LogP contribution in [0.5, 0.6) is 0 Å².